The van der Waals surface area contributed by atoms with E-state index in [1.165, 1.54) is 6.33 Å². The van der Waals surface area contributed by atoms with Crippen LogP contribution in [-0.2, 0) is 19.6 Å². The molecule has 2 aromatic heterocycles. The zero-order chi connectivity index (χ0) is 29.8. The molecule has 222 valence electrons. The van der Waals surface area contributed by atoms with Gasteiger partial charge in [-0.2, -0.15) is 0 Å². The monoisotopic (exact) mass is 605 g/mol. The fourth-order valence-corrected chi connectivity index (χ4v) is 5.47. The number of alkyl carbamates (subject to hydrolysis) is 1. The van der Waals surface area contributed by atoms with Gasteiger partial charge in [0, 0.05) is 43.1 Å². The molecule has 1 fully saturated rings. The van der Waals surface area contributed by atoms with Crippen LogP contribution in [0.25, 0.3) is 11.0 Å². The summed E-state index contributed by atoms with van der Waals surface area (Å²) in [4.78, 5) is 43.0. The number of rotatable bonds is 9. The Morgan fingerprint density at radius 3 is 2.46 bits per heavy atom. The summed E-state index contributed by atoms with van der Waals surface area (Å²) in [6.07, 6.45) is 4.60. The van der Waals surface area contributed by atoms with E-state index < -0.39 is 27.3 Å². The quantitative estimate of drug-likeness (QED) is 0.314. The number of nitrogens with zero attached hydrogens (tertiary/aromatic N) is 4. The van der Waals surface area contributed by atoms with E-state index in [1.807, 2.05) is 6.07 Å². The van der Waals surface area contributed by atoms with Crippen molar-refractivity contribution >= 4 is 56.2 Å². The van der Waals surface area contributed by atoms with Crippen LogP contribution >= 0.6 is 11.6 Å². The number of sulfonamides is 1. The lowest BCUT2D eigenvalue weighted by Crippen LogP contribution is -2.64. The minimum Gasteiger partial charge on any atom is -0.444 e. The van der Waals surface area contributed by atoms with Crippen molar-refractivity contribution in [3.05, 3.63) is 47.9 Å². The molecular weight excluding hydrogens is 570 g/mol. The lowest BCUT2D eigenvalue weighted by Gasteiger charge is -2.44. The molecule has 0 atom stereocenters. The summed E-state index contributed by atoms with van der Waals surface area (Å²) in [6.45, 7) is 6.50. The molecule has 0 aliphatic carbocycles. The topological polar surface area (TPSA) is 150 Å². The van der Waals surface area contributed by atoms with Crippen LogP contribution in [-0.4, -0.2) is 78.9 Å². The number of piperidine rings is 1. The Morgan fingerprint density at radius 1 is 1.15 bits per heavy atom. The molecule has 14 heteroatoms. The smallest absolute Gasteiger partial charge is 0.408 e. The van der Waals surface area contributed by atoms with Crippen LogP contribution in [0, 0.1) is 0 Å². The number of nitrogens with one attached hydrogen (secondary N) is 3. The zero-order valence-corrected chi connectivity index (χ0v) is 25.2. The Kier molecular flexibility index (Phi) is 9.10. The molecule has 3 heterocycles. The minimum atomic E-state index is -3.38. The van der Waals surface area contributed by atoms with Gasteiger partial charge in [-0.15, -0.1) is 0 Å². The molecule has 0 radical (unpaired) electrons. The predicted molar refractivity (Wildman–Crippen MR) is 159 cm³/mol. The fourth-order valence-electron chi connectivity index (χ4n) is 4.82. The van der Waals surface area contributed by atoms with Gasteiger partial charge in [0.1, 0.15) is 28.9 Å². The van der Waals surface area contributed by atoms with Crippen molar-refractivity contribution in [1.29, 1.82) is 0 Å². The van der Waals surface area contributed by atoms with Gasteiger partial charge in [-0.3, -0.25) is 4.79 Å². The van der Waals surface area contributed by atoms with Gasteiger partial charge >= 0.3 is 6.09 Å². The van der Waals surface area contributed by atoms with Crippen molar-refractivity contribution in [3.8, 4) is 0 Å². The number of benzene rings is 1. The molecule has 1 saturated heterocycles. The number of carbonyl (C=O) groups is 2. The SMILES string of the molecule is CC(C)(C)OC(=O)NC1(C(=O)N(CCCNS(C)(=O)=O)c2ccc(Cl)cc2)CCN(c2ncnc3[nH]ccc23)CC1. The van der Waals surface area contributed by atoms with Crippen LogP contribution in [0.2, 0.25) is 5.02 Å². The van der Waals surface area contributed by atoms with E-state index in [-0.39, 0.29) is 31.8 Å². The number of halogens is 1. The molecule has 4 rings (SSSR count). The summed E-state index contributed by atoms with van der Waals surface area (Å²) >= 11 is 6.11. The number of anilines is 2. The Balaban J connectivity index is 1.63. The van der Waals surface area contributed by atoms with E-state index in [0.29, 0.717) is 35.9 Å². The van der Waals surface area contributed by atoms with Crippen LogP contribution in [0.1, 0.15) is 40.0 Å². The van der Waals surface area contributed by atoms with Gasteiger partial charge in [0.2, 0.25) is 10.0 Å². The highest BCUT2D eigenvalue weighted by atomic mass is 35.5. The first-order valence-electron chi connectivity index (χ1n) is 13.3. The number of H-pyrrole nitrogens is 1. The molecular formula is C27H36ClN7O5S. The second kappa shape index (κ2) is 12.2. The molecule has 3 aromatic rings. The van der Waals surface area contributed by atoms with Gasteiger partial charge < -0.3 is 24.8 Å². The third-order valence-electron chi connectivity index (χ3n) is 6.71. The molecule has 1 aromatic carbocycles. The Bertz CT molecular complexity index is 1480. The normalized spacial score (nSPS) is 15.5. The third-order valence-corrected chi connectivity index (χ3v) is 7.69. The highest BCUT2D eigenvalue weighted by molar-refractivity contribution is 7.88. The lowest BCUT2D eigenvalue weighted by atomic mass is 9.85. The summed E-state index contributed by atoms with van der Waals surface area (Å²) in [5.74, 6) is 0.426. The molecule has 1 aliphatic heterocycles. The Hall–Kier alpha value is -3.42. The second-order valence-electron chi connectivity index (χ2n) is 11.1. The van der Waals surface area contributed by atoms with Crippen LogP contribution in [0.4, 0.5) is 16.3 Å². The number of aromatic nitrogens is 3. The van der Waals surface area contributed by atoms with E-state index in [1.54, 1.807) is 56.1 Å². The zero-order valence-electron chi connectivity index (χ0n) is 23.6. The van der Waals surface area contributed by atoms with Crippen LogP contribution in [0.15, 0.2) is 42.9 Å². The van der Waals surface area contributed by atoms with E-state index >= 15 is 0 Å². The first kappa shape index (κ1) is 30.5. The molecule has 3 N–H and O–H groups in total. The number of amides is 2. The van der Waals surface area contributed by atoms with Crippen LogP contribution < -0.4 is 19.8 Å². The molecule has 41 heavy (non-hydrogen) atoms. The average Bonchev–Trinajstić information content (AvgIpc) is 3.37. The van der Waals surface area contributed by atoms with Gasteiger partial charge in [0.25, 0.3) is 5.91 Å². The van der Waals surface area contributed by atoms with E-state index in [4.69, 9.17) is 16.3 Å². The van der Waals surface area contributed by atoms with Gasteiger partial charge in [-0.1, -0.05) is 11.6 Å². The summed E-state index contributed by atoms with van der Waals surface area (Å²) in [6, 6.07) is 8.72. The standard InChI is InChI=1S/C27H36ClN7O5S/c1-26(2,3)40-25(37)33-27(11-16-34(17-12-27)23-21-10-14-29-22(21)30-18-31-23)24(36)35(15-5-13-32-41(4,38)39)20-8-6-19(28)7-9-20/h6-10,14,18,32H,5,11-13,15-17H2,1-4H3,(H,33,37)(H,29,30,31). The number of ether oxygens (including phenoxy) is 1. The van der Waals surface area contributed by atoms with Gasteiger partial charge in [-0.05, 0) is 70.4 Å². The average molecular weight is 606 g/mol. The van der Waals surface area contributed by atoms with Crippen molar-refractivity contribution in [2.24, 2.45) is 0 Å². The van der Waals surface area contributed by atoms with Crippen molar-refractivity contribution in [3.63, 3.8) is 0 Å². The molecule has 12 nitrogen and oxygen atoms in total. The third kappa shape index (κ3) is 7.86. The van der Waals surface area contributed by atoms with E-state index in [2.05, 4.69) is 29.9 Å². The number of aromatic amines is 1. The minimum absolute atomic E-state index is 0.150. The van der Waals surface area contributed by atoms with E-state index in [0.717, 1.165) is 17.5 Å². The number of fused-ring (bicyclic) bond motifs is 1. The Labute approximate surface area is 244 Å². The van der Waals surface area contributed by atoms with Crippen molar-refractivity contribution in [2.45, 2.75) is 51.2 Å². The van der Waals surface area contributed by atoms with Gasteiger partial charge in [0.05, 0.1) is 11.6 Å². The fraction of sp³-hybridized carbons (Fsp3) is 0.481. The molecule has 2 amide bonds. The molecule has 1 aliphatic rings. The van der Waals surface area contributed by atoms with Gasteiger partial charge in [-0.25, -0.2) is 27.9 Å². The largest absolute Gasteiger partial charge is 0.444 e. The van der Waals surface area contributed by atoms with Crippen molar-refractivity contribution < 1.29 is 22.7 Å². The predicted octanol–water partition coefficient (Wildman–Crippen LogP) is 3.45. The molecule has 0 spiro atoms. The maximum Gasteiger partial charge on any atom is 0.408 e. The maximum atomic E-state index is 14.4. The lowest BCUT2D eigenvalue weighted by molar-refractivity contribution is -0.126. The molecule has 0 bridgehead atoms. The van der Waals surface area contributed by atoms with Gasteiger partial charge in [0.15, 0.2) is 0 Å². The highest BCUT2D eigenvalue weighted by Gasteiger charge is 2.46. The summed E-state index contributed by atoms with van der Waals surface area (Å²) in [7, 11) is -3.38. The number of hydrogen-bond acceptors (Lipinski definition) is 8. The number of hydrogen-bond donors (Lipinski definition) is 3. The van der Waals surface area contributed by atoms with Crippen molar-refractivity contribution in [1.82, 2.24) is 25.0 Å². The summed E-state index contributed by atoms with van der Waals surface area (Å²) in [5, 5.41) is 4.29. The highest BCUT2D eigenvalue weighted by Crippen LogP contribution is 2.32. The second-order valence-corrected chi connectivity index (χ2v) is 13.4. The first-order chi connectivity index (χ1) is 19.3. The Morgan fingerprint density at radius 2 is 1.83 bits per heavy atom. The number of carbonyl (C=O) groups excluding carboxylic acids is 2. The van der Waals surface area contributed by atoms with Crippen molar-refractivity contribution in [2.75, 3.05) is 42.2 Å². The summed E-state index contributed by atoms with van der Waals surface area (Å²) in [5.41, 5.74) is -0.751. The van der Waals surface area contributed by atoms with Crippen LogP contribution in [0.3, 0.4) is 0 Å². The maximum absolute atomic E-state index is 14.4. The first-order valence-corrected chi connectivity index (χ1v) is 15.6. The van der Waals surface area contributed by atoms with E-state index in [9.17, 15) is 18.0 Å². The molecule has 0 unspecified atom stereocenters. The molecule has 0 saturated carbocycles. The van der Waals surface area contributed by atoms with Crippen LogP contribution in [0.5, 0.6) is 0 Å². The summed E-state index contributed by atoms with van der Waals surface area (Å²) < 4.78 is 31.2.